The second-order valence-corrected chi connectivity index (χ2v) is 42.2. The van der Waals surface area contributed by atoms with Crippen molar-refractivity contribution in [1.29, 1.82) is 0 Å². The molecule has 6 aromatic heterocycles. The van der Waals surface area contributed by atoms with E-state index in [0.29, 0.717) is 51.1 Å². The summed E-state index contributed by atoms with van der Waals surface area (Å²) in [5.74, 6) is 1.67. The van der Waals surface area contributed by atoms with Gasteiger partial charge in [-0.25, -0.2) is 42.8 Å². The first kappa shape index (κ1) is 74.4. The molecule has 0 saturated heterocycles. The third-order valence-electron chi connectivity index (χ3n) is 27.9. The van der Waals surface area contributed by atoms with Gasteiger partial charge in [0, 0.05) is 140 Å². The van der Waals surface area contributed by atoms with E-state index in [9.17, 15) is 0 Å². The molecule has 27 aromatic rings. The summed E-state index contributed by atoms with van der Waals surface area (Å²) >= 11 is 10.4. The van der Waals surface area contributed by atoms with E-state index in [0.717, 1.165) is 109 Å². The molecule has 0 atom stereocenters. The predicted molar refractivity (Wildman–Crippen MR) is 607 cm³/mol. The van der Waals surface area contributed by atoms with Crippen molar-refractivity contribution >= 4 is 263 Å². The van der Waals surface area contributed by atoms with Crippen LogP contribution in [0.2, 0.25) is 0 Å². The Bertz CT molecular complexity index is 10500. The van der Waals surface area contributed by atoms with E-state index in [4.69, 9.17) is 42.2 Å². The van der Waals surface area contributed by atoms with Gasteiger partial charge in [0.05, 0.1) is 64.8 Å². The summed E-state index contributed by atoms with van der Waals surface area (Å²) in [6.07, 6.45) is 0. The van der Waals surface area contributed by atoms with E-state index in [1.54, 1.807) is 72.3 Å². The predicted octanol–water partition coefficient (Wildman–Crippen LogP) is 37.2. The van der Waals surface area contributed by atoms with Gasteiger partial charge in [-0.3, -0.25) is 0 Å². The molecule has 0 saturated carbocycles. The number of benzene rings is 21. The fourth-order valence-electron chi connectivity index (χ4n) is 21.8. The molecule has 9 nitrogen and oxygen atoms in total. The monoisotopic (exact) mass is 1920 g/mol. The molecule has 9 heterocycles. The summed E-state index contributed by atoms with van der Waals surface area (Å²) in [5, 5.41) is 24.5. The van der Waals surface area contributed by atoms with Crippen LogP contribution in [0.4, 0.5) is 34.9 Å². The number of anilines is 6. The SMILES string of the molecule is Cc1ccccc1-c1nc(N2Sc3ccc4ccccc4c3-c3c2c2sc4ccccc4c2c2ccccc32)nc2ccccc12.[2H]C([2H])([2H])c1cc(C)c(-c2nc(N3Sc4ccc5ccccc5c4-c4c3c3sc5ccccc5c3c3ccccc43)nc3ccccc23)c(C([2H])([2H])[2H])c1.[2H]C([2H])([2H])c1ccc(-c2nc(N3Sc4ccc5ccccc5c4-c4c3c3sc5ccccc5c3c3ccccc43)nc3ccccc23)c(C)c1. The zero-order valence-corrected chi connectivity index (χ0v) is 80.7. The summed E-state index contributed by atoms with van der Waals surface area (Å²) in [5.41, 5.74) is 20.2. The minimum absolute atomic E-state index is 0.0168. The molecule has 0 bridgehead atoms. The Labute approximate surface area is 849 Å². The largest absolute Gasteiger partial charge is 0.246 e. The van der Waals surface area contributed by atoms with Gasteiger partial charge in [-0.15, -0.1) is 34.0 Å². The molecule has 0 radical (unpaired) electrons. The zero-order chi connectivity index (χ0) is 101. The lowest BCUT2D eigenvalue weighted by atomic mass is 9.90. The first-order valence-electron chi connectivity index (χ1n) is 51.3. The minimum Gasteiger partial charge on any atom is -0.246 e. The molecule has 0 N–H and O–H groups in total. The molecule has 0 aliphatic carbocycles. The Kier molecular flexibility index (Phi) is 17.4. The number of fused-ring (bicyclic) bond motifs is 39. The Morgan fingerprint density at radius 3 is 0.915 bits per heavy atom. The van der Waals surface area contributed by atoms with Crippen molar-refractivity contribution in [3.8, 4) is 67.2 Å². The van der Waals surface area contributed by atoms with Crippen molar-refractivity contribution in [3.63, 3.8) is 0 Å². The molecule has 141 heavy (non-hydrogen) atoms. The first-order valence-corrected chi connectivity index (χ1v) is 51.6. The van der Waals surface area contributed by atoms with Gasteiger partial charge < -0.3 is 0 Å². The highest BCUT2D eigenvalue weighted by Crippen LogP contribution is 2.64. The molecule has 0 fully saturated rings. The van der Waals surface area contributed by atoms with Crippen LogP contribution < -0.4 is 12.9 Å². The Balaban J connectivity index is 0.000000108. The van der Waals surface area contributed by atoms with Gasteiger partial charge in [0.25, 0.3) is 0 Å². The average molecular weight is 1920 g/mol. The van der Waals surface area contributed by atoms with Crippen LogP contribution in [0.5, 0.6) is 0 Å². The van der Waals surface area contributed by atoms with Gasteiger partial charge in [-0.05, 0) is 219 Å². The van der Waals surface area contributed by atoms with Crippen molar-refractivity contribution in [1.82, 2.24) is 29.9 Å². The normalized spacial score (nSPS) is 14.0. The lowest BCUT2D eigenvalue weighted by Gasteiger charge is -2.32. The number of rotatable bonds is 6. The second kappa shape index (κ2) is 33.0. The zero-order valence-electron chi connectivity index (χ0n) is 84.8. The summed E-state index contributed by atoms with van der Waals surface area (Å²) in [4.78, 5) is 35.2. The van der Waals surface area contributed by atoms with E-state index in [1.165, 1.54) is 143 Å². The number of para-hydroxylation sites is 3. The Hall–Kier alpha value is -15.7. The lowest BCUT2D eigenvalue weighted by Crippen LogP contribution is -2.16. The van der Waals surface area contributed by atoms with Crippen molar-refractivity contribution in [2.24, 2.45) is 0 Å². The van der Waals surface area contributed by atoms with Crippen LogP contribution in [-0.4, -0.2) is 29.9 Å². The first-order chi connectivity index (χ1) is 73.1. The van der Waals surface area contributed by atoms with Crippen LogP contribution in [-0.2, 0) is 0 Å². The van der Waals surface area contributed by atoms with E-state index in [2.05, 4.69) is 323 Å². The highest BCUT2D eigenvalue weighted by molar-refractivity contribution is 8.01. The molecule has 3 aliphatic rings. The van der Waals surface area contributed by atoms with Gasteiger partial charge in [0.15, 0.2) is 0 Å². The average Bonchev–Trinajstić information content (AvgIpc) is 1.34. The number of nitrogens with zero attached hydrogens (tertiary/aromatic N) is 9. The number of thiophene rings is 3. The summed E-state index contributed by atoms with van der Waals surface area (Å²) in [6, 6.07) is 132. The number of aromatic nitrogens is 6. The van der Waals surface area contributed by atoms with Crippen LogP contribution in [0.15, 0.2) is 397 Å². The highest BCUT2D eigenvalue weighted by Gasteiger charge is 2.39. The van der Waals surface area contributed by atoms with Gasteiger partial charge in [0.2, 0.25) is 17.8 Å². The van der Waals surface area contributed by atoms with Gasteiger partial charge in [-0.2, -0.15) is 0 Å². The maximum absolute atomic E-state index is 8.58. The fraction of sp³-hybridized carbons (Fsp3) is 0.0476. The smallest absolute Gasteiger partial charge is 0.241 e. The third kappa shape index (κ3) is 13.2. The molecular formula is C126H81N9S6. The van der Waals surface area contributed by atoms with Crippen molar-refractivity contribution in [2.45, 2.75) is 56.0 Å². The van der Waals surface area contributed by atoms with Gasteiger partial charge in [-0.1, -0.05) is 339 Å². The lowest BCUT2D eigenvalue weighted by molar-refractivity contribution is 1.16. The second-order valence-electron chi connectivity index (χ2n) is 36.1. The van der Waals surface area contributed by atoms with Crippen LogP contribution in [0.3, 0.4) is 0 Å². The molecular weight excluding hydrogens is 1830 g/mol. The molecule has 0 amide bonds. The van der Waals surface area contributed by atoms with Crippen molar-refractivity contribution < 1.29 is 12.3 Å². The van der Waals surface area contributed by atoms with E-state index in [1.807, 2.05) is 84.2 Å². The Morgan fingerprint density at radius 1 is 0.220 bits per heavy atom. The Morgan fingerprint density at radius 2 is 0.532 bits per heavy atom. The number of hydrogen-bond acceptors (Lipinski definition) is 15. The van der Waals surface area contributed by atoms with Crippen LogP contribution in [0, 0.1) is 41.3 Å². The van der Waals surface area contributed by atoms with Gasteiger partial charge >= 0.3 is 0 Å². The summed E-state index contributed by atoms with van der Waals surface area (Å²) < 4.78 is 87.9. The van der Waals surface area contributed by atoms with Crippen molar-refractivity contribution in [3.05, 3.63) is 416 Å². The van der Waals surface area contributed by atoms with Gasteiger partial charge in [0.1, 0.15) is 0 Å². The third-order valence-corrected chi connectivity index (χ3v) is 34.6. The van der Waals surface area contributed by atoms with Crippen molar-refractivity contribution in [2.75, 3.05) is 12.9 Å². The highest BCUT2D eigenvalue weighted by atomic mass is 32.2. The molecule has 666 valence electrons. The van der Waals surface area contributed by atoms with Crippen LogP contribution in [0.25, 0.3) is 225 Å². The maximum Gasteiger partial charge on any atom is 0.241 e. The summed E-state index contributed by atoms with van der Waals surface area (Å²) in [6.45, 7) is -1.40. The molecule has 15 heteroatoms. The molecule has 0 spiro atoms. The van der Waals surface area contributed by atoms with Crippen LogP contribution in [0.1, 0.15) is 45.7 Å². The number of hydrogen-bond donors (Lipinski definition) is 0. The molecule has 3 aliphatic heterocycles. The topological polar surface area (TPSA) is 87.1 Å². The summed E-state index contributed by atoms with van der Waals surface area (Å²) in [7, 11) is 0. The van der Waals surface area contributed by atoms with E-state index in [-0.39, 0.29) is 11.1 Å². The number of aryl methyl sites for hydroxylation is 6. The quantitative estimate of drug-likeness (QED) is 0.149. The fourth-order valence-corrected chi connectivity index (χ4v) is 29.0. The minimum atomic E-state index is -2.61. The molecule has 30 rings (SSSR count). The molecule has 21 aromatic carbocycles. The standard InChI is InChI=1S/C43H29N3S2.C42H27N3S2.C41H25N3S2/c1-24-22-25(2)36(26(3)23-24)40-31-16-8-10-18-33(31)44-43(45-40)46-41-39(38-28-13-5-4-12-27(28)20-21-35(38)48-46)30-15-7-6-14-29(30)37-32-17-9-11-19-34(32)47-42(37)41;1-24-19-21-27(25(2)23-24)39-31-15-7-9-17-33(31)43-42(44-39)45-40-38(37-28-12-4-3-11-26(28)20-22-35(37)47-45)30-14-6-5-13-29(30)36-32-16-8-10-18-34(32)46-41(36)40;1-24-12-2-4-14-26(24)38-30-18-8-10-20-32(30)42-41(43-38)44-39-37(36-27-15-5-3-13-25(27)22-23-34(36)46-44)29-17-7-6-16-28(29)35-31-19-9-11-21-33(31)45-40(35)39/h4-23H,1-3H3;3-23H,1-2H3;2-23H,1H3/i1D3,2D3;1D3;. The maximum atomic E-state index is 8.58. The molecule has 0 unspecified atom stereocenters. The van der Waals surface area contributed by atoms with E-state index < -0.39 is 20.6 Å². The van der Waals surface area contributed by atoms with Crippen LogP contribution >= 0.6 is 69.9 Å². The van der Waals surface area contributed by atoms with E-state index >= 15 is 0 Å².